The normalized spacial score (nSPS) is 12.8. The van der Waals surface area contributed by atoms with E-state index >= 15 is 0 Å². The summed E-state index contributed by atoms with van der Waals surface area (Å²) >= 11 is 0. The number of nitro groups is 1. The molecule has 0 spiro atoms. The van der Waals surface area contributed by atoms with E-state index in [1.54, 1.807) is 12.2 Å². The van der Waals surface area contributed by atoms with E-state index in [0.717, 1.165) is 25.1 Å². The Balaban J connectivity index is 2.79. The van der Waals surface area contributed by atoms with Crippen molar-refractivity contribution < 1.29 is 9.31 Å². The molecule has 4 nitrogen and oxygen atoms in total. The van der Waals surface area contributed by atoms with Gasteiger partial charge < -0.3 is 5.32 Å². The quantitative estimate of drug-likeness (QED) is 0.625. The van der Waals surface area contributed by atoms with Crippen LogP contribution in [-0.2, 0) is 0 Å². The van der Waals surface area contributed by atoms with Crippen molar-refractivity contribution in [2.75, 3.05) is 6.54 Å². The molecule has 98 valence electrons. The van der Waals surface area contributed by atoms with Crippen molar-refractivity contribution in [3.8, 4) is 0 Å². The van der Waals surface area contributed by atoms with Crippen LogP contribution < -0.4 is 5.32 Å². The molecule has 1 unspecified atom stereocenters. The van der Waals surface area contributed by atoms with E-state index in [1.165, 1.54) is 6.07 Å². The zero-order valence-electron chi connectivity index (χ0n) is 10.5. The topological polar surface area (TPSA) is 55.2 Å². The zero-order chi connectivity index (χ0) is 13.5. The molecule has 0 heterocycles. The van der Waals surface area contributed by atoms with Crippen LogP contribution in [0.25, 0.3) is 6.08 Å². The number of halogens is 1. The molecule has 0 saturated carbocycles. The highest BCUT2D eigenvalue weighted by molar-refractivity contribution is 5.54. The third-order valence-electron chi connectivity index (χ3n) is 2.47. The van der Waals surface area contributed by atoms with Gasteiger partial charge in [0, 0.05) is 23.7 Å². The number of nitro benzene ring substituents is 1. The fraction of sp³-hybridized carbons (Fsp3) is 0.385. The average Bonchev–Trinajstić information content (AvgIpc) is 2.35. The number of benzene rings is 1. The van der Waals surface area contributed by atoms with Crippen LogP contribution in [0.2, 0.25) is 0 Å². The first-order valence-electron chi connectivity index (χ1n) is 5.90. The Bertz CT molecular complexity index is 447. The van der Waals surface area contributed by atoms with E-state index in [2.05, 4.69) is 12.2 Å². The van der Waals surface area contributed by atoms with Crippen LogP contribution in [0.5, 0.6) is 0 Å². The van der Waals surface area contributed by atoms with E-state index in [-0.39, 0.29) is 17.3 Å². The Labute approximate surface area is 106 Å². The number of nitrogens with one attached hydrogen (secondary N) is 1. The van der Waals surface area contributed by atoms with Gasteiger partial charge in [0.2, 0.25) is 0 Å². The van der Waals surface area contributed by atoms with Crippen molar-refractivity contribution in [2.45, 2.75) is 26.3 Å². The SMILES string of the molecule is CCCNC(C)/C=C/c1cc([N+](=O)[O-])ccc1F. The highest BCUT2D eigenvalue weighted by Gasteiger charge is 2.08. The number of hydrogen-bond acceptors (Lipinski definition) is 3. The van der Waals surface area contributed by atoms with Crippen LogP contribution >= 0.6 is 0 Å². The zero-order valence-corrected chi connectivity index (χ0v) is 10.5. The van der Waals surface area contributed by atoms with Crippen molar-refractivity contribution in [3.05, 3.63) is 45.8 Å². The van der Waals surface area contributed by atoms with Crippen molar-refractivity contribution in [2.24, 2.45) is 0 Å². The molecule has 0 aliphatic carbocycles. The summed E-state index contributed by atoms with van der Waals surface area (Å²) in [5.74, 6) is -0.459. The van der Waals surface area contributed by atoms with Crippen LogP contribution in [-0.4, -0.2) is 17.5 Å². The van der Waals surface area contributed by atoms with Gasteiger partial charge in [0.1, 0.15) is 5.82 Å². The van der Waals surface area contributed by atoms with Gasteiger partial charge in [-0.05, 0) is 26.0 Å². The van der Waals surface area contributed by atoms with Gasteiger partial charge >= 0.3 is 0 Å². The summed E-state index contributed by atoms with van der Waals surface area (Å²) in [6.07, 6.45) is 4.37. The lowest BCUT2D eigenvalue weighted by molar-refractivity contribution is -0.384. The van der Waals surface area contributed by atoms with E-state index < -0.39 is 10.7 Å². The molecule has 0 aliphatic heterocycles. The van der Waals surface area contributed by atoms with Gasteiger partial charge in [0.25, 0.3) is 5.69 Å². The molecule has 1 atom stereocenters. The van der Waals surface area contributed by atoms with Gasteiger partial charge in [-0.1, -0.05) is 19.1 Å². The first kappa shape index (κ1) is 14.3. The average molecular weight is 252 g/mol. The lowest BCUT2D eigenvalue weighted by Gasteiger charge is -2.07. The maximum absolute atomic E-state index is 13.4. The lowest BCUT2D eigenvalue weighted by Crippen LogP contribution is -2.24. The summed E-state index contributed by atoms with van der Waals surface area (Å²) in [7, 11) is 0. The number of rotatable bonds is 6. The third-order valence-corrected chi connectivity index (χ3v) is 2.47. The smallest absolute Gasteiger partial charge is 0.270 e. The molecule has 1 rings (SSSR count). The molecular formula is C13H17FN2O2. The maximum Gasteiger partial charge on any atom is 0.270 e. The van der Waals surface area contributed by atoms with E-state index in [9.17, 15) is 14.5 Å². The Morgan fingerprint density at radius 2 is 2.28 bits per heavy atom. The molecule has 0 bridgehead atoms. The van der Waals surface area contributed by atoms with Gasteiger partial charge in [0.05, 0.1) is 4.92 Å². The van der Waals surface area contributed by atoms with Gasteiger partial charge in [-0.15, -0.1) is 0 Å². The van der Waals surface area contributed by atoms with Crippen LogP contribution in [0.3, 0.4) is 0 Å². The molecular weight excluding hydrogens is 235 g/mol. The fourth-order valence-corrected chi connectivity index (χ4v) is 1.46. The lowest BCUT2D eigenvalue weighted by atomic mass is 10.1. The van der Waals surface area contributed by atoms with Crippen molar-refractivity contribution >= 4 is 11.8 Å². The summed E-state index contributed by atoms with van der Waals surface area (Å²) in [6, 6.07) is 3.61. The molecule has 0 aromatic heterocycles. The second kappa shape index (κ2) is 6.86. The highest BCUT2D eigenvalue weighted by atomic mass is 19.1. The number of nitrogens with zero attached hydrogens (tertiary/aromatic N) is 1. The minimum atomic E-state index is -0.532. The monoisotopic (exact) mass is 252 g/mol. The van der Waals surface area contributed by atoms with Crippen LogP contribution in [0.15, 0.2) is 24.3 Å². The Kier molecular flexibility index (Phi) is 5.45. The standard InChI is InChI=1S/C13H17FN2O2/c1-3-8-15-10(2)4-5-11-9-12(16(17)18)6-7-13(11)14/h4-7,9-10,15H,3,8H2,1-2H3/b5-4+. The predicted molar refractivity (Wildman–Crippen MR) is 69.8 cm³/mol. The van der Waals surface area contributed by atoms with Gasteiger partial charge in [-0.2, -0.15) is 0 Å². The number of non-ortho nitro benzene ring substituents is 1. The van der Waals surface area contributed by atoms with Crippen molar-refractivity contribution in [1.82, 2.24) is 5.32 Å². The van der Waals surface area contributed by atoms with Gasteiger partial charge in [-0.3, -0.25) is 10.1 Å². The molecule has 0 fully saturated rings. The maximum atomic E-state index is 13.4. The van der Waals surface area contributed by atoms with Gasteiger partial charge in [0.15, 0.2) is 0 Å². The van der Waals surface area contributed by atoms with Crippen LogP contribution in [0.1, 0.15) is 25.8 Å². The predicted octanol–water partition coefficient (Wildman–Crippen LogP) is 3.14. The van der Waals surface area contributed by atoms with Gasteiger partial charge in [-0.25, -0.2) is 4.39 Å². The molecule has 0 aliphatic rings. The Hall–Kier alpha value is -1.75. The molecule has 1 aromatic rings. The second-order valence-corrected chi connectivity index (χ2v) is 4.06. The summed E-state index contributed by atoms with van der Waals surface area (Å²) < 4.78 is 13.4. The Morgan fingerprint density at radius 1 is 1.56 bits per heavy atom. The molecule has 0 saturated heterocycles. The largest absolute Gasteiger partial charge is 0.311 e. The molecule has 5 heteroatoms. The molecule has 0 amide bonds. The molecule has 0 radical (unpaired) electrons. The van der Waals surface area contributed by atoms with E-state index in [4.69, 9.17) is 0 Å². The molecule has 1 aromatic carbocycles. The third kappa shape index (κ3) is 4.25. The molecule has 18 heavy (non-hydrogen) atoms. The number of hydrogen-bond donors (Lipinski definition) is 1. The van der Waals surface area contributed by atoms with E-state index in [1.807, 2.05) is 6.92 Å². The minimum Gasteiger partial charge on any atom is -0.311 e. The second-order valence-electron chi connectivity index (χ2n) is 4.06. The first-order valence-corrected chi connectivity index (χ1v) is 5.90. The van der Waals surface area contributed by atoms with Crippen molar-refractivity contribution in [1.29, 1.82) is 0 Å². The summed E-state index contributed by atoms with van der Waals surface area (Å²) in [6.45, 7) is 4.88. The van der Waals surface area contributed by atoms with Crippen LogP contribution in [0, 0.1) is 15.9 Å². The Morgan fingerprint density at radius 3 is 2.89 bits per heavy atom. The minimum absolute atomic E-state index is 0.101. The van der Waals surface area contributed by atoms with Crippen molar-refractivity contribution in [3.63, 3.8) is 0 Å². The summed E-state index contributed by atoms with van der Waals surface area (Å²) in [5.41, 5.74) is 0.125. The molecule has 1 N–H and O–H groups in total. The first-order chi connectivity index (χ1) is 8.54. The van der Waals surface area contributed by atoms with Crippen LogP contribution in [0.4, 0.5) is 10.1 Å². The fourth-order valence-electron chi connectivity index (χ4n) is 1.46. The summed E-state index contributed by atoms with van der Waals surface area (Å²) in [4.78, 5) is 10.1. The summed E-state index contributed by atoms with van der Waals surface area (Å²) in [5, 5.41) is 13.8. The van der Waals surface area contributed by atoms with E-state index in [0.29, 0.717) is 0 Å². The highest BCUT2D eigenvalue weighted by Crippen LogP contribution is 2.18.